The van der Waals surface area contributed by atoms with E-state index in [1.54, 1.807) is 18.0 Å². The Balaban J connectivity index is 2.12. The first-order valence-corrected chi connectivity index (χ1v) is 5.73. The van der Waals surface area contributed by atoms with Crippen molar-refractivity contribution in [2.45, 2.75) is 25.6 Å². The lowest BCUT2D eigenvalue weighted by Crippen LogP contribution is -2.31. The minimum absolute atomic E-state index is 0.0801. The van der Waals surface area contributed by atoms with Crippen molar-refractivity contribution in [3.8, 4) is 0 Å². The van der Waals surface area contributed by atoms with Crippen LogP contribution in [0.4, 0.5) is 0 Å². The van der Waals surface area contributed by atoms with Crippen LogP contribution < -0.4 is 5.32 Å². The second-order valence-electron chi connectivity index (χ2n) is 3.29. The molecule has 0 unspecified atom stereocenters. The Morgan fingerprint density at radius 2 is 2.43 bits per heavy atom. The molecule has 0 atom stereocenters. The quantitative estimate of drug-likeness (QED) is 0.813. The molecule has 0 bridgehead atoms. The van der Waals surface area contributed by atoms with Crippen LogP contribution in [-0.2, 0) is 10.5 Å². The van der Waals surface area contributed by atoms with Crippen LogP contribution in [0.1, 0.15) is 19.6 Å². The Morgan fingerprint density at radius 1 is 1.64 bits per heavy atom. The fraction of sp³-hybridized carbons (Fsp3) is 0.500. The number of nitrogens with one attached hydrogen (secondary N) is 1. The van der Waals surface area contributed by atoms with Gasteiger partial charge < -0.3 is 9.73 Å². The first-order valence-electron chi connectivity index (χ1n) is 4.58. The van der Waals surface area contributed by atoms with Gasteiger partial charge in [0.25, 0.3) is 0 Å². The molecule has 0 radical (unpaired) electrons. The summed E-state index contributed by atoms with van der Waals surface area (Å²) in [7, 11) is 0. The van der Waals surface area contributed by atoms with Crippen molar-refractivity contribution >= 4 is 17.7 Å². The second-order valence-corrected chi connectivity index (χ2v) is 4.28. The Kier molecular flexibility index (Phi) is 4.59. The Labute approximate surface area is 88.2 Å². The summed E-state index contributed by atoms with van der Waals surface area (Å²) in [6, 6.07) is 3.98. The van der Waals surface area contributed by atoms with Gasteiger partial charge in [-0.3, -0.25) is 4.79 Å². The minimum atomic E-state index is 0.0801. The van der Waals surface area contributed by atoms with Gasteiger partial charge in [-0.15, -0.1) is 11.8 Å². The van der Waals surface area contributed by atoms with E-state index < -0.39 is 0 Å². The zero-order chi connectivity index (χ0) is 10.4. The van der Waals surface area contributed by atoms with Gasteiger partial charge in [0.15, 0.2) is 0 Å². The maximum atomic E-state index is 11.2. The molecule has 1 heterocycles. The van der Waals surface area contributed by atoms with E-state index in [1.807, 2.05) is 26.0 Å². The molecule has 14 heavy (non-hydrogen) atoms. The number of hydrogen-bond acceptors (Lipinski definition) is 3. The molecule has 0 aliphatic rings. The molecule has 3 nitrogen and oxygen atoms in total. The first kappa shape index (κ1) is 11.2. The summed E-state index contributed by atoms with van der Waals surface area (Å²) in [5.74, 6) is 2.22. The summed E-state index contributed by atoms with van der Waals surface area (Å²) in [4.78, 5) is 11.2. The van der Waals surface area contributed by atoms with Crippen LogP contribution in [-0.4, -0.2) is 17.7 Å². The highest BCUT2D eigenvalue weighted by Crippen LogP contribution is 2.11. The van der Waals surface area contributed by atoms with E-state index in [2.05, 4.69) is 5.32 Å². The predicted octanol–water partition coefficient (Wildman–Crippen LogP) is 2.04. The molecule has 78 valence electrons. The third-order valence-electron chi connectivity index (χ3n) is 1.51. The molecule has 0 aromatic carbocycles. The summed E-state index contributed by atoms with van der Waals surface area (Å²) in [6.07, 6.45) is 1.64. The van der Waals surface area contributed by atoms with E-state index in [0.717, 1.165) is 11.5 Å². The molecule has 1 aromatic rings. The number of rotatable bonds is 5. The van der Waals surface area contributed by atoms with Crippen LogP contribution in [0, 0.1) is 0 Å². The summed E-state index contributed by atoms with van der Waals surface area (Å²) in [6.45, 7) is 3.91. The van der Waals surface area contributed by atoms with Gasteiger partial charge in [0, 0.05) is 6.04 Å². The molecule has 4 heteroatoms. The lowest BCUT2D eigenvalue weighted by Gasteiger charge is -2.06. The van der Waals surface area contributed by atoms with Crippen molar-refractivity contribution in [2.75, 3.05) is 5.75 Å². The molecular weight excluding hydrogens is 198 g/mol. The second kappa shape index (κ2) is 5.75. The largest absolute Gasteiger partial charge is 0.468 e. The van der Waals surface area contributed by atoms with E-state index in [1.165, 1.54) is 0 Å². The van der Waals surface area contributed by atoms with Gasteiger partial charge in [-0.2, -0.15) is 0 Å². The molecule has 1 aromatic heterocycles. The lowest BCUT2D eigenvalue weighted by molar-refractivity contribution is -0.119. The van der Waals surface area contributed by atoms with Crippen LogP contribution in [0.2, 0.25) is 0 Å². The Bertz CT molecular complexity index is 270. The fourth-order valence-electron chi connectivity index (χ4n) is 1.00. The van der Waals surface area contributed by atoms with Crippen molar-refractivity contribution in [1.29, 1.82) is 0 Å². The standard InChI is InChI=1S/C10H15NO2S/c1-8(2)11-10(12)7-14-6-9-4-3-5-13-9/h3-5,8H,6-7H2,1-2H3,(H,11,12). The van der Waals surface area contributed by atoms with Gasteiger partial charge in [0.05, 0.1) is 17.8 Å². The highest BCUT2D eigenvalue weighted by atomic mass is 32.2. The van der Waals surface area contributed by atoms with Crippen molar-refractivity contribution < 1.29 is 9.21 Å². The number of hydrogen-bond donors (Lipinski definition) is 1. The maximum Gasteiger partial charge on any atom is 0.230 e. The van der Waals surface area contributed by atoms with Crippen LogP contribution >= 0.6 is 11.8 Å². The predicted molar refractivity (Wildman–Crippen MR) is 58.1 cm³/mol. The number of amides is 1. The molecule has 1 rings (SSSR count). The average molecular weight is 213 g/mol. The molecule has 0 saturated carbocycles. The smallest absolute Gasteiger partial charge is 0.230 e. The van der Waals surface area contributed by atoms with Crippen LogP contribution in [0.3, 0.4) is 0 Å². The van der Waals surface area contributed by atoms with Crippen molar-refractivity contribution in [1.82, 2.24) is 5.32 Å². The van der Waals surface area contributed by atoms with Gasteiger partial charge in [-0.05, 0) is 26.0 Å². The molecule has 0 aliphatic heterocycles. The molecule has 0 aliphatic carbocycles. The zero-order valence-electron chi connectivity index (χ0n) is 8.45. The third kappa shape index (κ3) is 4.37. The number of thioether (sulfide) groups is 1. The maximum absolute atomic E-state index is 11.2. The minimum Gasteiger partial charge on any atom is -0.468 e. The lowest BCUT2D eigenvalue weighted by atomic mass is 10.4. The van der Waals surface area contributed by atoms with Gasteiger partial charge >= 0.3 is 0 Å². The van der Waals surface area contributed by atoms with E-state index in [9.17, 15) is 4.79 Å². The van der Waals surface area contributed by atoms with E-state index in [-0.39, 0.29) is 11.9 Å². The summed E-state index contributed by atoms with van der Waals surface area (Å²) >= 11 is 1.56. The van der Waals surface area contributed by atoms with E-state index in [0.29, 0.717) is 5.75 Å². The number of carbonyl (C=O) groups excluding carboxylic acids is 1. The molecule has 1 N–H and O–H groups in total. The summed E-state index contributed by atoms with van der Waals surface area (Å²) < 4.78 is 5.14. The first-order chi connectivity index (χ1) is 6.68. The number of furan rings is 1. The summed E-state index contributed by atoms with van der Waals surface area (Å²) in [5.41, 5.74) is 0. The summed E-state index contributed by atoms with van der Waals surface area (Å²) in [5, 5.41) is 2.83. The molecule has 1 amide bonds. The fourth-order valence-corrected chi connectivity index (χ4v) is 1.74. The molecule has 0 fully saturated rings. The number of carbonyl (C=O) groups is 1. The Hall–Kier alpha value is -0.900. The monoisotopic (exact) mass is 213 g/mol. The zero-order valence-corrected chi connectivity index (χ0v) is 9.26. The SMILES string of the molecule is CC(C)NC(=O)CSCc1ccco1. The van der Waals surface area contributed by atoms with Gasteiger partial charge in [-0.1, -0.05) is 0 Å². The van der Waals surface area contributed by atoms with E-state index in [4.69, 9.17) is 4.42 Å². The highest BCUT2D eigenvalue weighted by Gasteiger charge is 2.03. The average Bonchev–Trinajstić information content (AvgIpc) is 2.55. The third-order valence-corrected chi connectivity index (χ3v) is 2.46. The van der Waals surface area contributed by atoms with Gasteiger partial charge in [0.2, 0.25) is 5.91 Å². The van der Waals surface area contributed by atoms with Crippen molar-refractivity contribution in [3.63, 3.8) is 0 Å². The van der Waals surface area contributed by atoms with E-state index >= 15 is 0 Å². The normalized spacial score (nSPS) is 10.5. The van der Waals surface area contributed by atoms with Crippen molar-refractivity contribution in [3.05, 3.63) is 24.2 Å². The van der Waals surface area contributed by atoms with Crippen LogP contribution in [0.5, 0.6) is 0 Å². The molecule has 0 saturated heterocycles. The molecule has 0 spiro atoms. The van der Waals surface area contributed by atoms with Crippen LogP contribution in [0.15, 0.2) is 22.8 Å². The topological polar surface area (TPSA) is 42.2 Å². The van der Waals surface area contributed by atoms with Crippen LogP contribution in [0.25, 0.3) is 0 Å². The van der Waals surface area contributed by atoms with Gasteiger partial charge in [0.1, 0.15) is 5.76 Å². The Morgan fingerprint density at radius 3 is 3.00 bits per heavy atom. The van der Waals surface area contributed by atoms with Crippen molar-refractivity contribution in [2.24, 2.45) is 0 Å². The van der Waals surface area contributed by atoms with Gasteiger partial charge in [-0.25, -0.2) is 0 Å². The highest BCUT2D eigenvalue weighted by molar-refractivity contribution is 7.99. The molecular formula is C10H15NO2S.